The van der Waals surface area contributed by atoms with Crippen LogP contribution in [-0.2, 0) is 4.79 Å². The Hall–Kier alpha value is -1.95. The highest BCUT2D eigenvalue weighted by Gasteiger charge is 2.33. The van der Waals surface area contributed by atoms with Gasteiger partial charge in [-0.2, -0.15) is 0 Å². The molecule has 2 saturated heterocycles. The van der Waals surface area contributed by atoms with Crippen molar-refractivity contribution in [2.45, 2.75) is 56.7 Å². The molecule has 0 aromatic heterocycles. The fourth-order valence-corrected chi connectivity index (χ4v) is 3.69. The van der Waals surface area contributed by atoms with Crippen LogP contribution in [0.3, 0.4) is 0 Å². The molecule has 24 heavy (non-hydrogen) atoms. The lowest BCUT2D eigenvalue weighted by Gasteiger charge is -2.29. The third kappa shape index (κ3) is 3.93. The van der Waals surface area contributed by atoms with Crippen molar-refractivity contribution >= 4 is 11.7 Å². The van der Waals surface area contributed by atoms with Gasteiger partial charge in [-0.05, 0) is 43.9 Å². The minimum absolute atomic E-state index is 0.0788. The van der Waals surface area contributed by atoms with Crippen molar-refractivity contribution in [1.82, 2.24) is 10.6 Å². The number of fused-ring (bicyclic) bond motifs is 2. The number of ether oxygens (including phenoxy) is 1. The van der Waals surface area contributed by atoms with E-state index in [1.165, 1.54) is 32.1 Å². The number of ketones is 1. The van der Waals surface area contributed by atoms with Crippen LogP contribution in [-0.4, -0.2) is 36.9 Å². The van der Waals surface area contributed by atoms with Crippen molar-refractivity contribution in [1.29, 1.82) is 0 Å². The fraction of sp³-hybridized carbons (Fsp3) is 0.556. The lowest BCUT2D eigenvalue weighted by atomic mass is 9.99. The second kappa shape index (κ2) is 7.30. The quantitative estimate of drug-likeness (QED) is 0.783. The monoisotopic (exact) mass is 334 g/mol. The molecule has 0 radical (unpaired) electrons. The van der Waals surface area contributed by atoms with E-state index in [4.69, 9.17) is 4.74 Å². The summed E-state index contributed by atoms with van der Waals surface area (Å²) >= 11 is 0. The maximum atomic E-state index is 13.6. The average Bonchev–Trinajstić information content (AvgIpc) is 2.91. The first-order valence-corrected chi connectivity index (χ1v) is 8.47. The molecule has 6 heteroatoms. The van der Waals surface area contributed by atoms with E-state index in [2.05, 4.69) is 10.6 Å². The van der Waals surface area contributed by atoms with Crippen molar-refractivity contribution in [3.63, 3.8) is 0 Å². The number of rotatable bonds is 6. The Kier molecular flexibility index (Phi) is 5.14. The van der Waals surface area contributed by atoms with Gasteiger partial charge in [0.2, 0.25) is 5.91 Å². The molecule has 2 aliphatic heterocycles. The SMILES string of the molecule is COc1ccc(C(=O)CCC(=O)NC2CC3CCC(C2)N3)cc1F. The summed E-state index contributed by atoms with van der Waals surface area (Å²) in [5.41, 5.74) is 0.265. The molecular formula is C18H23FN2O3. The van der Waals surface area contributed by atoms with Crippen molar-refractivity contribution in [3.8, 4) is 5.75 Å². The minimum Gasteiger partial charge on any atom is -0.494 e. The van der Waals surface area contributed by atoms with Crippen LogP contribution in [0.2, 0.25) is 0 Å². The summed E-state index contributed by atoms with van der Waals surface area (Å²) in [5.74, 6) is -0.816. The van der Waals surface area contributed by atoms with Crippen LogP contribution >= 0.6 is 0 Å². The molecule has 2 bridgehead atoms. The van der Waals surface area contributed by atoms with E-state index in [1.54, 1.807) is 0 Å². The number of hydrogen-bond donors (Lipinski definition) is 2. The van der Waals surface area contributed by atoms with Crippen LogP contribution in [0.15, 0.2) is 18.2 Å². The molecule has 2 unspecified atom stereocenters. The predicted molar refractivity (Wildman–Crippen MR) is 87.6 cm³/mol. The van der Waals surface area contributed by atoms with E-state index in [9.17, 15) is 14.0 Å². The zero-order valence-corrected chi connectivity index (χ0v) is 13.8. The Bertz CT molecular complexity index is 623. The van der Waals surface area contributed by atoms with Gasteiger partial charge >= 0.3 is 0 Å². The van der Waals surface area contributed by atoms with Gasteiger partial charge in [-0.15, -0.1) is 0 Å². The van der Waals surface area contributed by atoms with Crippen LogP contribution in [0.25, 0.3) is 0 Å². The molecule has 2 atom stereocenters. The van der Waals surface area contributed by atoms with Gasteiger partial charge in [-0.25, -0.2) is 4.39 Å². The number of hydrogen-bond acceptors (Lipinski definition) is 4. The number of carbonyl (C=O) groups excluding carboxylic acids is 2. The number of carbonyl (C=O) groups is 2. The summed E-state index contributed by atoms with van der Waals surface area (Å²) in [6, 6.07) is 5.32. The van der Waals surface area contributed by atoms with Gasteiger partial charge in [-0.1, -0.05) is 0 Å². The topological polar surface area (TPSA) is 67.4 Å². The number of piperidine rings is 1. The molecule has 1 aromatic rings. The summed E-state index contributed by atoms with van der Waals surface area (Å²) in [5, 5.41) is 6.56. The molecule has 0 saturated carbocycles. The van der Waals surface area contributed by atoms with E-state index in [-0.39, 0.29) is 41.9 Å². The molecule has 0 spiro atoms. The molecule has 3 rings (SSSR count). The molecule has 0 aliphatic carbocycles. The Morgan fingerprint density at radius 1 is 1.25 bits per heavy atom. The van der Waals surface area contributed by atoms with E-state index < -0.39 is 5.82 Å². The summed E-state index contributed by atoms with van der Waals surface area (Å²) in [4.78, 5) is 24.2. The molecule has 130 valence electrons. The van der Waals surface area contributed by atoms with Gasteiger partial charge in [0.25, 0.3) is 0 Å². The highest BCUT2D eigenvalue weighted by atomic mass is 19.1. The third-order valence-corrected chi connectivity index (χ3v) is 4.89. The summed E-state index contributed by atoms with van der Waals surface area (Å²) in [6.07, 6.45) is 4.48. The lowest BCUT2D eigenvalue weighted by molar-refractivity contribution is -0.122. The Labute approximate surface area is 141 Å². The van der Waals surface area contributed by atoms with Crippen molar-refractivity contribution in [2.75, 3.05) is 7.11 Å². The highest BCUT2D eigenvalue weighted by molar-refractivity contribution is 5.98. The van der Waals surface area contributed by atoms with Crippen LogP contribution in [0.4, 0.5) is 4.39 Å². The molecule has 1 aromatic carbocycles. The van der Waals surface area contributed by atoms with Crippen molar-refractivity contribution < 1.29 is 18.7 Å². The third-order valence-electron chi connectivity index (χ3n) is 4.89. The summed E-state index contributed by atoms with van der Waals surface area (Å²) in [6.45, 7) is 0. The lowest BCUT2D eigenvalue weighted by Crippen LogP contribution is -2.48. The van der Waals surface area contributed by atoms with Crippen molar-refractivity contribution in [3.05, 3.63) is 29.6 Å². The van der Waals surface area contributed by atoms with Gasteiger partial charge in [0.15, 0.2) is 17.3 Å². The zero-order chi connectivity index (χ0) is 17.1. The molecule has 2 heterocycles. The van der Waals surface area contributed by atoms with Crippen LogP contribution < -0.4 is 15.4 Å². The van der Waals surface area contributed by atoms with Gasteiger partial charge in [-0.3, -0.25) is 9.59 Å². The molecular weight excluding hydrogens is 311 g/mol. The van der Waals surface area contributed by atoms with Gasteiger partial charge in [0.1, 0.15) is 0 Å². The number of nitrogens with one attached hydrogen (secondary N) is 2. The predicted octanol–water partition coefficient (Wildman–Crippen LogP) is 2.20. The summed E-state index contributed by atoms with van der Waals surface area (Å²) in [7, 11) is 1.37. The van der Waals surface area contributed by atoms with E-state index in [0.29, 0.717) is 12.1 Å². The number of Topliss-reactive ketones (excluding diaryl/α,β-unsaturated/α-hetero) is 1. The highest BCUT2D eigenvalue weighted by Crippen LogP contribution is 2.26. The van der Waals surface area contributed by atoms with Crippen LogP contribution in [0.5, 0.6) is 5.75 Å². The number of halogens is 1. The fourth-order valence-electron chi connectivity index (χ4n) is 3.69. The average molecular weight is 334 g/mol. The van der Waals surface area contributed by atoms with E-state index in [1.807, 2.05) is 0 Å². The van der Waals surface area contributed by atoms with Gasteiger partial charge < -0.3 is 15.4 Å². The smallest absolute Gasteiger partial charge is 0.220 e. The largest absolute Gasteiger partial charge is 0.494 e. The first-order chi connectivity index (χ1) is 11.5. The Morgan fingerprint density at radius 3 is 2.58 bits per heavy atom. The maximum Gasteiger partial charge on any atom is 0.220 e. The molecule has 2 fully saturated rings. The van der Waals surface area contributed by atoms with E-state index in [0.717, 1.165) is 18.9 Å². The number of methoxy groups -OCH3 is 1. The second-order valence-electron chi connectivity index (χ2n) is 6.65. The minimum atomic E-state index is -0.571. The molecule has 2 N–H and O–H groups in total. The first-order valence-electron chi connectivity index (χ1n) is 8.47. The normalized spacial score (nSPS) is 25.3. The number of benzene rings is 1. The van der Waals surface area contributed by atoms with Gasteiger partial charge in [0.05, 0.1) is 7.11 Å². The Morgan fingerprint density at radius 2 is 1.96 bits per heavy atom. The zero-order valence-electron chi connectivity index (χ0n) is 13.8. The number of amides is 1. The van der Waals surface area contributed by atoms with E-state index >= 15 is 0 Å². The molecule has 2 aliphatic rings. The first kappa shape index (κ1) is 16.9. The maximum absolute atomic E-state index is 13.6. The summed E-state index contributed by atoms with van der Waals surface area (Å²) < 4.78 is 18.5. The van der Waals surface area contributed by atoms with Crippen molar-refractivity contribution in [2.24, 2.45) is 0 Å². The Balaban J connectivity index is 1.47. The van der Waals surface area contributed by atoms with Gasteiger partial charge in [0, 0.05) is 36.5 Å². The second-order valence-corrected chi connectivity index (χ2v) is 6.65. The van der Waals surface area contributed by atoms with Crippen LogP contribution in [0.1, 0.15) is 48.9 Å². The molecule has 1 amide bonds. The standard InChI is InChI=1S/C18H23FN2O3/c1-24-17-6-2-11(8-15(17)19)16(22)5-7-18(23)21-14-9-12-3-4-13(10-14)20-12/h2,6,8,12-14,20H,3-5,7,9-10H2,1H3,(H,21,23). The molecule has 5 nitrogen and oxygen atoms in total. The van der Waals surface area contributed by atoms with Crippen LogP contribution in [0, 0.1) is 5.82 Å².